The number of rotatable bonds is 7. The Morgan fingerprint density at radius 3 is 2.24 bits per heavy atom. The molecule has 0 aromatic heterocycles. The molecule has 0 saturated carbocycles. The van der Waals surface area contributed by atoms with Crippen molar-refractivity contribution in [2.45, 2.75) is 5.75 Å². The molecular weight excluding hydrogens is 406 g/mol. The van der Waals surface area contributed by atoms with Crippen LogP contribution in [0.2, 0.25) is 0 Å². The van der Waals surface area contributed by atoms with Gasteiger partial charge in [-0.1, -0.05) is 28.1 Å². The van der Waals surface area contributed by atoms with Gasteiger partial charge in [0.25, 0.3) is 5.91 Å². The molecule has 0 atom stereocenters. The molecule has 5 nitrogen and oxygen atoms in total. The number of sulfone groups is 1. The molecule has 0 N–H and O–H groups in total. The fourth-order valence-electron chi connectivity index (χ4n) is 2.20. The van der Waals surface area contributed by atoms with Gasteiger partial charge in [-0.05, 0) is 42.0 Å². The van der Waals surface area contributed by atoms with Crippen molar-refractivity contribution >= 4 is 31.7 Å². The Bertz CT molecular complexity index is 817. The van der Waals surface area contributed by atoms with Crippen LogP contribution in [0.25, 0.3) is 0 Å². The molecule has 0 unspecified atom stereocenters. The largest absolute Gasteiger partial charge is 0.492 e. The number of halogens is 1. The predicted octanol–water partition coefficient (Wildman–Crippen LogP) is 3.14. The maximum absolute atomic E-state index is 12.4. The summed E-state index contributed by atoms with van der Waals surface area (Å²) in [6.07, 6.45) is 1.19. The minimum atomic E-state index is -3.08. The minimum absolute atomic E-state index is 0.0294. The van der Waals surface area contributed by atoms with Crippen molar-refractivity contribution in [3.63, 3.8) is 0 Å². The molecule has 0 aliphatic heterocycles. The van der Waals surface area contributed by atoms with Crippen molar-refractivity contribution in [3.8, 4) is 5.75 Å². The molecule has 0 saturated heterocycles. The van der Waals surface area contributed by atoms with E-state index in [1.54, 1.807) is 36.2 Å². The lowest BCUT2D eigenvalue weighted by Crippen LogP contribution is -2.30. The smallest absolute Gasteiger partial charge is 0.253 e. The summed E-state index contributed by atoms with van der Waals surface area (Å²) in [5.74, 6) is 0.581. The van der Waals surface area contributed by atoms with Gasteiger partial charge in [-0.15, -0.1) is 0 Å². The summed E-state index contributed by atoms with van der Waals surface area (Å²) in [4.78, 5) is 13.9. The average Bonchev–Trinajstić information content (AvgIpc) is 2.55. The zero-order valence-corrected chi connectivity index (χ0v) is 16.5. The van der Waals surface area contributed by atoms with Gasteiger partial charge in [0, 0.05) is 23.3 Å². The lowest BCUT2D eigenvalue weighted by Gasteiger charge is -2.17. The first-order valence-corrected chi connectivity index (χ1v) is 10.5. The van der Waals surface area contributed by atoms with Crippen molar-refractivity contribution in [3.05, 3.63) is 64.1 Å². The Morgan fingerprint density at radius 1 is 1.08 bits per heavy atom. The Kier molecular flexibility index (Phi) is 6.61. The Labute approximate surface area is 156 Å². The number of benzene rings is 2. The summed E-state index contributed by atoms with van der Waals surface area (Å²) in [5, 5.41) is 0. The first-order valence-electron chi connectivity index (χ1n) is 7.65. The Balaban J connectivity index is 1.87. The maximum Gasteiger partial charge on any atom is 0.253 e. The highest BCUT2D eigenvalue weighted by molar-refractivity contribution is 9.10. The molecular formula is C18H20BrNO4S. The van der Waals surface area contributed by atoms with Crippen LogP contribution in [0.3, 0.4) is 0 Å². The molecule has 0 heterocycles. The van der Waals surface area contributed by atoms with Gasteiger partial charge in [-0.25, -0.2) is 8.42 Å². The molecule has 2 rings (SSSR count). The molecule has 2 aromatic carbocycles. The fourth-order valence-corrected chi connectivity index (χ4v) is 3.26. The van der Waals surface area contributed by atoms with Gasteiger partial charge in [0.1, 0.15) is 12.4 Å². The molecule has 25 heavy (non-hydrogen) atoms. The number of hydrogen-bond acceptors (Lipinski definition) is 4. The molecule has 0 spiro atoms. The standard InChI is InChI=1S/C18H20BrNO4S/c1-20(11-12-24-17-9-7-16(19)8-10-17)18(21)15-5-3-14(4-6-15)13-25(2,22)23/h3-10H,11-13H2,1-2H3. The van der Waals surface area contributed by atoms with E-state index < -0.39 is 9.84 Å². The maximum atomic E-state index is 12.4. The van der Waals surface area contributed by atoms with Crippen LogP contribution in [0.5, 0.6) is 5.75 Å². The highest BCUT2D eigenvalue weighted by Gasteiger charge is 2.12. The Hall–Kier alpha value is -1.86. The lowest BCUT2D eigenvalue weighted by molar-refractivity contribution is 0.0774. The fraction of sp³-hybridized carbons (Fsp3) is 0.278. The van der Waals surface area contributed by atoms with Gasteiger partial charge in [0.05, 0.1) is 12.3 Å². The van der Waals surface area contributed by atoms with Crippen molar-refractivity contribution in [1.29, 1.82) is 0 Å². The molecule has 134 valence electrons. The number of nitrogens with zero attached hydrogens (tertiary/aromatic N) is 1. The van der Waals surface area contributed by atoms with Gasteiger partial charge in [-0.2, -0.15) is 0 Å². The monoisotopic (exact) mass is 425 g/mol. The first kappa shape index (κ1) is 19.5. The summed E-state index contributed by atoms with van der Waals surface area (Å²) >= 11 is 3.36. The van der Waals surface area contributed by atoms with Crippen LogP contribution in [-0.4, -0.2) is 45.7 Å². The van der Waals surface area contributed by atoms with Crippen molar-refractivity contribution in [2.24, 2.45) is 0 Å². The zero-order valence-electron chi connectivity index (χ0n) is 14.1. The highest BCUT2D eigenvalue weighted by Crippen LogP contribution is 2.16. The second-order valence-electron chi connectivity index (χ2n) is 5.80. The van der Waals surface area contributed by atoms with Gasteiger partial charge >= 0.3 is 0 Å². The summed E-state index contributed by atoms with van der Waals surface area (Å²) in [7, 11) is -1.38. The van der Waals surface area contributed by atoms with Crippen molar-refractivity contribution < 1.29 is 17.9 Å². The molecule has 1 amide bonds. The van der Waals surface area contributed by atoms with Gasteiger partial charge < -0.3 is 9.64 Å². The zero-order chi connectivity index (χ0) is 18.4. The SMILES string of the molecule is CN(CCOc1ccc(Br)cc1)C(=O)c1ccc(CS(C)(=O)=O)cc1. The van der Waals surface area contributed by atoms with Crippen LogP contribution >= 0.6 is 15.9 Å². The number of carbonyl (C=O) groups excluding carboxylic acids is 1. The van der Waals surface area contributed by atoms with Crippen LogP contribution in [0.4, 0.5) is 0 Å². The molecule has 0 fully saturated rings. The lowest BCUT2D eigenvalue weighted by atomic mass is 10.1. The molecule has 0 bridgehead atoms. The van der Waals surface area contributed by atoms with E-state index in [4.69, 9.17) is 4.74 Å². The average molecular weight is 426 g/mol. The number of carbonyl (C=O) groups is 1. The summed E-state index contributed by atoms with van der Waals surface area (Å²) in [6, 6.07) is 14.1. The van der Waals surface area contributed by atoms with Gasteiger partial charge in [0.2, 0.25) is 0 Å². The topological polar surface area (TPSA) is 63.7 Å². The Morgan fingerprint density at radius 2 is 1.68 bits per heavy atom. The van der Waals surface area contributed by atoms with Gasteiger partial charge in [0.15, 0.2) is 9.84 Å². The van der Waals surface area contributed by atoms with E-state index in [9.17, 15) is 13.2 Å². The third kappa shape index (κ3) is 6.51. The van der Waals surface area contributed by atoms with E-state index in [0.29, 0.717) is 24.3 Å². The second kappa shape index (κ2) is 8.49. The molecule has 0 aliphatic rings. The molecule has 7 heteroatoms. The highest BCUT2D eigenvalue weighted by atomic mass is 79.9. The van der Waals surface area contributed by atoms with Crippen LogP contribution in [-0.2, 0) is 15.6 Å². The molecule has 0 aliphatic carbocycles. The normalized spacial score (nSPS) is 11.2. The predicted molar refractivity (Wildman–Crippen MR) is 102 cm³/mol. The van der Waals surface area contributed by atoms with E-state index in [1.165, 1.54) is 6.26 Å². The number of ether oxygens (including phenoxy) is 1. The molecule has 2 aromatic rings. The van der Waals surface area contributed by atoms with E-state index in [-0.39, 0.29) is 11.7 Å². The second-order valence-corrected chi connectivity index (χ2v) is 8.85. The van der Waals surface area contributed by atoms with Gasteiger partial charge in [-0.3, -0.25) is 4.79 Å². The molecule has 0 radical (unpaired) electrons. The van der Waals surface area contributed by atoms with E-state index in [0.717, 1.165) is 10.2 Å². The van der Waals surface area contributed by atoms with Crippen molar-refractivity contribution in [2.75, 3.05) is 26.5 Å². The van der Waals surface area contributed by atoms with E-state index in [2.05, 4.69) is 15.9 Å². The minimum Gasteiger partial charge on any atom is -0.492 e. The number of amides is 1. The van der Waals surface area contributed by atoms with E-state index >= 15 is 0 Å². The van der Waals surface area contributed by atoms with Crippen LogP contribution < -0.4 is 4.74 Å². The van der Waals surface area contributed by atoms with E-state index in [1.807, 2.05) is 24.3 Å². The first-order chi connectivity index (χ1) is 11.7. The third-order valence-corrected chi connectivity index (χ3v) is 4.87. The van der Waals surface area contributed by atoms with Crippen LogP contribution in [0.1, 0.15) is 15.9 Å². The number of likely N-dealkylation sites (N-methyl/N-ethyl adjacent to an activating group) is 1. The van der Waals surface area contributed by atoms with Crippen molar-refractivity contribution in [1.82, 2.24) is 4.90 Å². The van der Waals surface area contributed by atoms with Crippen LogP contribution in [0.15, 0.2) is 53.0 Å². The quantitative estimate of drug-likeness (QED) is 0.683. The summed E-state index contributed by atoms with van der Waals surface area (Å²) in [6.45, 7) is 0.829. The van der Waals surface area contributed by atoms with Crippen LogP contribution in [0, 0.1) is 0 Å². The third-order valence-electron chi connectivity index (χ3n) is 3.49. The number of hydrogen-bond donors (Lipinski definition) is 0. The summed E-state index contributed by atoms with van der Waals surface area (Å²) in [5.41, 5.74) is 1.18. The summed E-state index contributed by atoms with van der Waals surface area (Å²) < 4.78 is 29.2.